The molecule has 0 radical (unpaired) electrons. The third-order valence-corrected chi connectivity index (χ3v) is 6.38. The van der Waals surface area contributed by atoms with Gasteiger partial charge in [-0.2, -0.15) is 0 Å². The summed E-state index contributed by atoms with van der Waals surface area (Å²) in [4.78, 5) is 26.8. The van der Waals surface area contributed by atoms with E-state index in [0.29, 0.717) is 24.7 Å². The molecule has 0 spiro atoms. The zero-order chi connectivity index (χ0) is 22.2. The summed E-state index contributed by atoms with van der Waals surface area (Å²) in [5.41, 5.74) is 3.64. The lowest BCUT2D eigenvalue weighted by Gasteiger charge is -2.36. The molecule has 6 nitrogen and oxygen atoms in total. The minimum atomic E-state index is -0.211. The molecular formula is C24H21Cl2N5O. The van der Waals surface area contributed by atoms with Crippen LogP contribution in [0.25, 0.3) is 5.52 Å². The number of hydrogen-bond acceptors (Lipinski definition) is 5. The number of pyridine rings is 1. The summed E-state index contributed by atoms with van der Waals surface area (Å²) in [6, 6.07) is 15.6. The lowest BCUT2D eigenvalue weighted by Crippen LogP contribution is -2.47. The first kappa shape index (κ1) is 20.8. The van der Waals surface area contributed by atoms with E-state index in [9.17, 15) is 4.79 Å². The second-order valence-electron chi connectivity index (χ2n) is 7.79. The molecule has 1 aromatic carbocycles. The first-order valence-electron chi connectivity index (χ1n) is 10.4. The fourth-order valence-corrected chi connectivity index (χ4v) is 4.62. The molecule has 5 rings (SSSR count). The molecule has 3 aromatic heterocycles. The molecule has 32 heavy (non-hydrogen) atoms. The second kappa shape index (κ2) is 8.45. The number of fused-ring (bicyclic) bond motifs is 1. The third-order valence-electron chi connectivity index (χ3n) is 5.79. The average Bonchev–Trinajstić information content (AvgIpc) is 3.15. The molecule has 0 unspecified atom stereocenters. The van der Waals surface area contributed by atoms with Crippen LogP contribution in [0.2, 0.25) is 10.0 Å². The van der Waals surface area contributed by atoms with Gasteiger partial charge in [-0.05, 0) is 42.8 Å². The summed E-state index contributed by atoms with van der Waals surface area (Å²) >= 11 is 12.7. The van der Waals surface area contributed by atoms with Crippen molar-refractivity contribution in [1.29, 1.82) is 0 Å². The highest BCUT2D eigenvalue weighted by molar-refractivity contribution is 6.34. The number of carbonyl (C=O) groups excluding carboxylic acids is 1. The number of benzene rings is 1. The number of anilines is 2. The van der Waals surface area contributed by atoms with Gasteiger partial charge in [-0.15, -0.1) is 0 Å². The fourth-order valence-electron chi connectivity index (χ4n) is 4.18. The Morgan fingerprint density at radius 3 is 2.44 bits per heavy atom. The maximum Gasteiger partial charge on any atom is 0.230 e. The second-order valence-corrected chi connectivity index (χ2v) is 8.61. The van der Waals surface area contributed by atoms with E-state index in [4.69, 9.17) is 23.2 Å². The maximum atomic E-state index is 13.4. The van der Waals surface area contributed by atoms with Crippen molar-refractivity contribution in [3.05, 3.63) is 87.9 Å². The molecule has 1 saturated heterocycles. The Morgan fingerprint density at radius 2 is 1.66 bits per heavy atom. The van der Waals surface area contributed by atoms with Gasteiger partial charge in [0.25, 0.3) is 0 Å². The number of aromatic nitrogens is 3. The van der Waals surface area contributed by atoms with E-state index in [1.807, 2.05) is 66.1 Å². The fraction of sp³-hybridized carbons (Fsp3) is 0.208. The van der Waals surface area contributed by atoms with Crippen molar-refractivity contribution < 1.29 is 4.79 Å². The number of rotatable bonds is 4. The quantitative estimate of drug-likeness (QED) is 0.401. The van der Waals surface area contributed by atoms with Crippen molar-refractivity contribution in [3.63, 3.8) is 0 Å². The SMILES string of the molecule is Cc1cc2ccccn2c1C(=O)c1nc(N2CCN(c3ccccc3Cl)CC2)ncc1Cl. The smallest absolute Gasteiger partial charge is 0.230 e. The number of ketones is 1. The zero-order valence-electron chi connectivity index (χ0n) is 17.5. The van der Waals surface area contributed by atoms with Crippen LogP contribution < -0.4 is 9.80 Å². The van der Waals surface area contributed by atoms with Gasteiger partial charge in [0, 0.05) is 37.9 Å². The molecule has 0 saturated carbocycles. The highest BCUT2D eigenvalue weighted by atomic mass is 35.5. The molecule has 0 bridgehead atoms. The van der Waals surface area contributed by atoms with Crippen LogP contribution >= 0.6 is 23.2 Å². The Morgan fingerprint density at radius 1 is 0.938 bits per heavy atom. The Hall–Kier alpha value is -3.09. The molecule has 1 aliphatic heterocycles. The molecule has 0 atom stereocenters. The lowest BCUT2D eigenvalue weighted by atomic mass is 10.1. The number of piperazine rings is 1. The highest BCUT2D eigenvalue weighted by Crippen LogP contribution is 2.28. The van der Waals surface area contributed by atoms with Crippen LogP contribution in [-0.4, -0.2) is 46.3 Å². The van der Waals surface area contributed by atoms with Gasteiger partial charge in [0.1, 0.15) is 5.69 Å². The molecule has 0 aliphatic carbocycles. The van der Waals surface area contributed by atoms with Crippen LogP contribution in [0, 0.1) is 6.92 Å². The van der Waals surface area contributed by atoms with Gasteiger partial charge in [0.2, 0.25) is 11.7 Å². The summed E-state index contributed by atoms with van der Waals surface area (Å²) in [7, 11) is 0. The number of halogens is 2. The topological polar surface area (TPSA) is 53.7 Å². The van der Waals surface area contributed by atoms with E-state index in [1.165, 1.54) is 6.20 Å². The monoisotopic (exact) mass is 465 g/mol. The molecule has 4 aromatic rings. The number of hydrogen-bond donors (Lipinski definition) is 0. The van der Waals surface area contributed by atoms with Crippen molar-refractivity contribution in [2.45, 2.75) is 6.92 Å². The Bertz CT molecular complexity index is 1310. The molecule has 1 aliphatic rings. The Kier molecular flexibility index (Phi) is 5.49. The standard InChI is InChI=1S/C24H21Cl2N5O/c1-16-14-17-6-4-5-9-31(17)22(16)23(32)21-19(26)15-27-24(28-21)30-12-10-29(11-13-30)20-8-3-2-7-18(20)25/h2-9,14-15H,10-13H2,1H3. The largest absolute Gasteiger partial charge is 0.367 e. The van der Waals surface area contributed by atoms with Gasteiger partial charge in [-0.1, -0.05) is 41.4 Å². The van der Waals surface area contributed by atoms with Crippen LogP contribution in [0.15, 0.2) is 60.9 Å². The predicted octanol–water partition coefficient (Wildman–Crippen LogP) is 4.90. The predicted molar refractivity (Wildman–Crippen MR) is 128 cm³/mol. The van der Waals surface area contributed by atoms with E-state index in [1.54, 1.807) is 0 Å². The summed E-state index contributed by atoms with van der Waals surface area (Å²) in [5, 5.41) is 0.991. The van der Waals surface area contributed by atoms with Crippen LogP contribution in [0.4, 0.5) is 11.6 Å². The molecular weight excluding hydrogens is 445 g/mol. The zero-order valence-corrected chi connectivity index (χ0v) is 19.0. The van der Waals surface area contributed by atoms with E-state index in [-0.39, 0.29) is 16.5 Å². The van der Waals surface area contributed by atoms with Crippen LogP contribution in [-0.2, 0) is 0 Å². The van der Waals surface area contributed by atoms with Crippen molar-refractivity contribution >= 4 is 46.1 Å². The summed E-state index contributed by atoms with van der Waals surface area (Å²) in [6.45, 7) is 4.91. The first-order chi connectivity index (χ1) is 15.5. The van der Waals surface area contributed by atoms with Crippen molar-refractivity contribution in [2.24, 2.45) is 0 Å². The van der Waals surface area contributed by atoms with Gasteiger partial charge in [0.15, 0.2) is 0 Å². The average molecular weight is 466 g/mol. The Balaban J connectivity index is 1.40. The minimum absolute atomic E-state index is 0.211. The van der Waals surface area contributed by atoms with E-state index in [2.05, 4.69) is 19.8 Å². The number of carbonyl (C=O) groups is 1. The van der Waals surface area contributed by atoms with Crippen LogP contribution in [0.5, 0.6) is 0 Å². The third kappa shape index (κ3) is 3.70. The Labute approximate surface area is 196 Å². The molecule has 8 heteroatoms. The van der Waals surface area contributed by atoms with Gasteiger partial charge >= 0.3 is 0 Å². The van der Waals surface area contributed by atoms with Gasteiger partial charge in [-0.25, -0.2) is 9.97 Å². The van der Waals surface area contributed by atoms with Crippen molar-refractivity contribution in [1.82, 2.24) is 14.4 Å². The minimum Gasteiger partial charge on any atom is -0.367 e. The van der Waals surface area contributed by atoms with Crippen LogP contribution in [0.1, 0.15) is 21.7 Å². The lowest BCUT2D eigenvalue weighted by molar-refractivity contribution is 0.102. The van der Waals surface area contributed by atoms with E-state index >= 15 is 0 Å². The number of nitrogens with zero attached hydrogens (tertiary/aromatic N) is 5. The molecule has 1 fully saturated rings. The molecule has 0 amide bonds. The summed E-state index contributed by atoms with van der Waals surface area (Å²) < 4.78 is 1.87. The van der Waals surface area contributed by atoms with Crippen molar-refractivity contribution in [3.8, 4) is 0 Å². The number of aryl methyl sites for hydroxylation is 1. The maximum absolute atomic E-state index is 13.4. The summed E-state index contributed by atoms with van der Waals surface area (Å²) in [6.07, 6.45) is 3.39. The normalized spacial score (nSPS) is 14.2. The van der Waals surface area contributed by atoms with Crippen molar-refractivity contribution in [2.75, 3.05) is 36.0 Å². The van der Waals surface area contributed by atoms with Gasteiger partial charge < -0.3 is 14.2 Å². The molecule has 162 valence electrons. The molecule has 4 heterocycles. The van der Waals surface area contributed by atoms with Gasteiger partial charge in [0.05, 0.1) is 27.6 Å². The summed E-state index contributed by atoms with van der Waals surface area (Å²) in [5.74, 6) is 0.298. The number of para-hydroxylation sites is 1. The first-order valence-corrected chi connectivity index (χ1v) is 11.2. The van der Waals surface area contributed by atoms with E-state index < -0.39 is 0 Å². The highest BCUT2D eigenvalue weighted by Gasteiger charge is 2.25. The molecule has 0 N–H and O–H groups in total. The van der Waals surface area contributed by atoms with Gasteiger partial charge in [-0.3, -0.25) is 4.79 Å². The van der Waals surface area contributed by atoms with Crippen LogP contribution in [0.3, 0.4) is 0 Å². The van der Waals surface area contributed by atoms with E-state index in [0.717, 1.165) is 34.9 Å².